The summed E-state index contributed by atoms with van der Waals surface area (Å²) in [5.41, 5.74) is 1.51. The molecular formula is C15H19N3OS. The lowest BCUT2D eigenvalue weighted by atomic mass is 10.3. The van der Waals surface area contributed by atoms with Crippen molar-refractivity contribution in [3.05, 3.63) is 36.0 Å². The quantitative estimate of drug-likeness (QED) is 0.597. The van der Waals surface area contributed by atoms with E-state index in [1.54, 1.807) is 23.2 Å². The van der Waals surface area contributed by atoms with Crippen molar-refractivity contribution in [3.63, 3.8) is 0 Å². The van der Waals surface area contributed by atoms with E-state index in [2.05, 4.69) is 17.6 Å². The fourth-order valence-electron chi connectivity index (χ4n) is 1.70. The maximum absolute atomic E-state index is 12.3. The van der Waals surface area contributed by atoms with Crippen LogP contribution in [-0.2, 0) is 4.79 Å². The highest BCUT2D eigenvalue weighted by Crippen LogP contribution is 2.23. The van der Waals surface area contributed by atoms with Gasteiger partial charge in [0.05, 0.1) is 21.9 Å². The minimum Gasteiger partial charge on any atom is -0.338 e. The molecule has 0 bridgehead atoms. The zero-order valence-corrected chi connectivity index (χ0v) is 12.9. The van der Waals surface area contributed by atoms with E-state index in [0.29, 0.717) is 23.7 Å². The van der Waals surface area contributed by atoms with Crippen molar-refractivity contribution in [3.8, 4) is 6.07 Å². The average molecular weight is 289 g/mol. The predicted octanol–water partition coefficient (Wildman–Crippen LogP) is 2.86. The molecular weight excluding hydrogens is 270 g/mol. The van der Waals surface area contributed by atoms with Gasteiger partial charge in [0.25, 0.3) is 0 Å². The lowest BCUT2D eigenvalue weighted by Crippen LogP contribution is -2.37. The van der Waals surface area contributed by atoms with Crippen molar-refractivity contribution < 1.29 is 4.79 Å². The standard InChI is InChI=1S/C15H19N3OS/c1-5-18(10-11(2)3)15(19)12(4)20-14-8-13(9-16)6-7-17-14/h6-8,12H,2,5,10H2,1,3-4H3. The molecule has 1 heterocycles. The maximum atomic E-state index is 12.3. The Morgan fingerprint density at radius 1 is 1.65 bits per heavy atom. The smallest absolute Gasteiger partial charge is 0.236 e. The molecule has 0 aromatic carbocycles. The molecule has 0 spiro atoms. The van der Waals surface area contributed by atoms with Crippen LogP contribution in [0.2, 0.25) is 0 Å². The van der Waals surface area contributed by atoms with E-state index in [1.807, 2.05) is 20.8 Å². The minimum absolute atomic E-state index is 0.0599. The monoisotopic (exact) mass is 289 g/mol. The number of amides is 1. The molecule has 1 rings (SSSR count). The number of hydrogen-bond acceptors (Lipinski definition) is 4. The molecule has 0 aliphatic heterocycles. The second-order valence-corrected chi connectivity index (χ2v) is 5.93. The fraction of sp³-hybridized carbons (Fsp3) is 0.400. The molecule has 0 aliphatic carbocycles. The van der Waals surface area contributed by atoms with Crippen molar-refractivity contribution in [2.24, 2.45) is 0 Å². The Morgan fingerprint density at radius 2 is 2.35 bits per heavy atom. The maximum Gasteiger partial charge on any atom is 0.236 e. The predicted molar refractivity (Wildman–Crippen MR) is 81.3 cm³/mol. The number of aromatic nitrogens is 1. The number of carbonyl (C=O) groups excluding carboxylic acids is 1. The fourth-order valence-corrected chi connectivity index (χ4v) is 2.63. The summed E-state index contributed by atoms with van der Waals surface area (Å²) in [5.74, 6) is 0.0599. The Balaban J connectivity index is 2.73. The van der Waals surface area contributed by atoms with Crippen molar-refractivity contribution in [1.29, 1.82) is 5.26 Å². The lowest BCUT2D eigenvalue weighted by Gasteiger charge is -2.24. The Hall–Kier alpha value is -1.80. The largest absolute Gasteiger partial charge is 0.338 e. The van der Waals surface area contributed by atoms with Crippen LogP contribution in [-0.4, -0.2) is 34.1 Å². The highest BCUT2D eigenvalue weighted by molar-refractivity contribution is 8.00. The van der Waals surface area contributed by atoms with Crippen LogP contribution in [0.15, 0.2) is 35.5 Å². The molecule has 1 aromatic rings. The SMILES string of the molecule is C=C(C)CN(CC)C(=O)C(C)Sc1cc(C#N)ccn1. The summed E-state index contributed by atoms with van der Waals surface area (Å²) in [4.78, 5) is 18.3. The normalized spacial score (nSPS) is 11.5. The minimum atomic E-state index is -0.240. The Morgan fingerprint density at radius 3 is 2.90 bits per heavy atom. The van der Waals surface area contributed by atoms with Crippen LogP contribution < -0.4 is 0 Å². The van der Waals surface area contributed by atoms with Gasteiger partial charge in [-0.15, -0.1) is 0 Å². The van der Waals surface area contributed by atoms with E-state index in [1.165, 1.54) is 11.8 Å². The van der Waals surface area contributed by atoms with Gasteiger partial charge in [0.1, 0.15) is 0 Å². The number of hydrogen-bond donors (Lipinski definition) is 0. The molecule has 0 fully saturated rings. The third kappa shape index (κ3) is 4.71. The first kappa shape index (κ1) is 16.3. The molecule has 106 valence electrons. The molecule has 5 heteroatoms. The summed E-state index contributed by atoms with van der Waals surface area (Å²) in [7, 11) is 0. The van der Waals surface area contributed by atoms with Crippen LogP contribution in [0.4, 0.5) is 0 Å². The first-order valence-corrected chi connectivity index (χ1v) is 7.31. The first-order chi connectivity index (χ1) is 9.47. The number of nitrogens with zero attached hydrogens (tertiary/aromatic N) is 3. The van der Waals surface area contributed by atoms with Gasteiger partial charge in [0.2, 0.25) is 5.91 Å². The number of pyridine rings is 1. The number of likely N-dealkylation sites (N-methyl/N-ethyl adjacent to an activating group) is 1. The number of carbonyl (C=O) groups is 1. The van der Waals surface area contributed by atoms with E-state index >= 15 is 0 Å². The zero-order chi connectivity index (χ0) is 15.1. The van der Waals surface area contributed by atoms with Gasteiger partial charge in [0.15, 0.2) is 0 Å². The Labute approximate surface area is 124 Å². The second-order valence-electron chi connectivity index (χ2n) is 4.56. The summed E-state index contributed by atoms with van der Waals surface area (Å²) in [6, 6.07) is 5.42. The molecule has 0 radical (unpaired) electrons. The first-order valence-electron chi connectivity index (χ1n) is 6.44. The van der Waals surface area contributed by atoms with Gasteiger partial charge in [0, 0.05) is 19.3 Å². The van der Waals surface area contributed by atoms with Gasteiger partial charge < -0.3 is 4.90 Å². The Kier molecular flexibility index (Phi) is 6.26. The van der Waals surface area contributed by atoms with Gasteiger partial charge in [-0.1, -0.05) is 23.9 Å². The van der Waals surface area contributed by atoms with Crippen LogP contribution in [0, 0.1) is 11.3 Å². The molecule has 20 heavy (non-hydrogen) atoms. The van der Waals surface area contributed by atoms with Crippen molar-refractivity contribution in [2.45, 2.75) is 31.0 Å². The zero-order valence-electron chi connectivity index (χ0n) is 12.1. The van der Waals surface area contributed by atoms with Gasteiger partial charge in [-0.25, -0.2) is 4.98 Å². The van der Waals surface area contributed by atoms with E-state index in [-0.39, 0.29) is 11.2 Å². The molecule has 0 saturated carbocycles. The van der Waals surface area contributed by atoms with Crippen molar-refractivity contribution in [2.75, 3.05) is 13.1 Å². The summed E-state index contributed by atoms with van der Waals surface area (Å²) in [6.07, 6.45) is 1.59. The van der Waals surface area contributed by atoms with Crippen LogP contribution >= 0.6 is 11.8 Å². The highest BCUT2D eigenvalue weighted by atomic mass is 32.2. The number of nitriles is 1. The molecule has 4 nitrogen and oxygen atoms in total. The van der Waals surface area contributed by atoms with E-state index in [4.69, 9.17) is 5.26 Å². The van der Waals surface area contributed by atoms with E-state index < -0.39 is 0 Å². The van der Waals surface area contributed by atoms with E-state index in [0.717, 1.165) is 5.57 Å². The number of rotatable bonds is 6. The Bertz CT molecular complexity index is 536. The molecule has 1 amide bonds. The van der Waals surface area contributed by atoms with Crippen LogP contribution in [0.25, 0.3) is 0 Å². The van der Waals surface area contributed by atoms with Gasteiger partial charge in [-0.3, -0.25) is 4.79 Å². The van der Waals surface area contributed by atoms with Crippen LogP contribution in [0.1, 0.15) is 26.3 Å². The third-order valence-corrected chi connectivity index (χ3v) is 3.68. The average Bonchev–Trinajstić information content (AvgIpc) is 2.43. The van der Waals surface area contributed by atoms with Gasteiger partial charge in [-0.2, -0.15) is 5.26 Å². The molecule has 1 unspecified atom stereocenters. The van der Waals surface area contributed by atoms with Crippen molar-refractivity contribution in [1.82, 2.24) is 9.88 Å². The number of thioether (sulfide) groups is 1. The second kappa shape index (κ2) is 7.71. The van der Waals surface area contributed by atoms with Crippen LogP contribution in [0.3, 0.4) is 0 Å². The van der Waals surface area contributed by atoms with Gasteiger partial charge in [-0.05, 0) is 32.9 Å². The summed E-state index contributed by atoms with van der Waals surface area (Å²) < 4.78 is 0. The summed E-state index contributed by atoms with van der Waals surface area (Å²) in [5, 5.41) is 9.31. The van der Waals surface area contributed by atoms with Crippen molar-refractivity contribution >= 4 is 17.7 Å². The topological polar surface area (TPSA) is 57.0 Å². The molecule has 1 atom stereocenters. The van der Waals surface area contributed by atoms with Crippen LogP contribution in [0.5, 0.6) is 0 Å². The highest BCUT2D eigenvalue weighted by Gasteiger charge is 2.20. The summed E-state index contributed by atoms with van der Waals surface area (Å²) in [6.45, 7) is 10.8. The summed E-state index contributed by atoms with van der Waals surface area (Å²) >= 11 is 1.37. The van der Waals surface area contributed by atoms with E-state index in [9.17, 15) is 4.79 Å². The molecule has 1 aromatic heterocycles. The third-order valence-electron chi connectivity index (χ3n) is 2.66. The van der Waals surface area contributed by atoms with Gasteiger partial charge >= 0.3 is 0 Å². The molecule has 0 N–H and O–H groups in total. The molecule has 0 aliphatic rings. The molecule has 0 saturated heterocycles. The lowest BCUT2D eigenvalue weighted by molar-refractivity contribution is -0.129.